The fraction of sp³-hybridized carbons (Fsp3) is 0.421. The summed E-state index contributed by atoms with van der Waals surface area (Å²) in [6.45, 7) is 4.71. The molecule has 1 aliphatic heterocycles. The largest absolute Gasteiger partial charge is 0.322 e. The summed E-state index contributed by atoms with van der Waals surface area (Å²) in [5.41, 5.74) is 1.85. The molecule has 4 rings (SSSR count). The van der Waals surface area contributed by atoms with Crippen LogP contribution in [0.1, 0.15) is 32.3 Å². The van der Waals surface area contributed by atoms with Crippen LogP contribution >= 0.6 is 0 Å². The van der Waals surface area contributed by atoms with Gasteiger partial charge in [-0.05, 0) is 44.2 Å². The molecule has 0 saturated heterocycles. The third-order valence-corrected chi connectivity index (χ3v) is 5.01. The number of benzene rings is 1. The van der Waals surface area contributed by atoms with E-state index in [9.17, 15) is 9.59 Å². The number of aromatic nitrogens is 2. The average molecular weight is 338 g/mol. The van der Waals surface area contributed by atoms with Gasteiger partial charge in [-0.2, -0.15) is 5.10 Å². The zero-order valence-electron chi connectivity index (χ0n) is 14.5. The van der Waals surface area contributed by atoms with Crippen LogP contribution in [-0.4, -0.2) is 28.1 Å². The second-order valence-electron chi connectivity index (χ2n) is 7.48. The molecule has 1 aromatic carbocycles. The van der Waals surface area contributed by atoms with Crippen molar-refractivity contribution >= 4 is 23.2 Å². The van der Waals surface area contributed by atoms with Crippen LogP contribution in [0.4, 0.5) is 11.4 Å². The van der Waals surface area contributed by atoms with Crippen molar-refractivity contribution in [1.82, 2.24) is 9.78 Å². The van der Waals surface area contributed by atoms with Gasteiger partial charge in [0.2, 0.25) is 11.8 Å². The molecule has 2 aromatic rings. The molecule has 1 fully saturated rings. The third kappa shape index (κ3) is 2.92. The van der Waals surface area contributed by atoms with Gasteiger partial charge in [-0.3, -0.25) is 14.3 Å². The maximum absolute atomic E-state index is 12.7. The molecule has 0 unspecified atom stereocenters. The molecule has 6 heteroatoms. The van der Waals surface area contributed by atoms with E-state index in [1.54, 1.807) is 11.1 Å². The van der Waals surface area contributed by atoms with Gasteiger partial charge in [0.15, 0.2) is 0 Å². The standard InChI is InChI=1S/C19H22N4O2/c1-19(2)15-5-3-4-6-16(15)23(18(19)25)12-17(24)21-14-9-20-22(11-14)10-13-7-8-13/h3-6,9,11,13H,7-8,10,12H2,1-2H3,(H,21,24). The minimum absolute atomic E-state index is 0.00703. The van der Waals surface area contributed by atoms with E-state index in [-0.39, 0.29) is 18.4 Å². The molecule has 6 nitrogen and oxygen atoms in total. The lowest BCUT2D eigenvalue weighted by molar-refractivity contribution is -0.124. The van der Waals surface area contributed by atoms with E-state index in [0.29, 0.717) is 5.69 Å². The Kier molecular flexibility index (Phi) is 3.63. The molecule has 2 aliphatic rings. The van der Waals surface area contributed by atoms with Crippen molar-refractivity contribution in [2.75, 3.05) is 16.8 Å². The summed E-state index contributed by atoms with van der Waals surface area (Å²) in [6.07, 6.45) is 6.02. The van der Waals surface area contributed by atoms with Crippen LogP contribution in [0.2, 0.25) is 0 Å². The fourth-order valence-corrected chi connectivity index (χ4v) is 3.39. The lowest BCUT2D eigenvalue weighted by atomic mass is 9.86. The van der Waals surface area contributed by atoms with Crippen LogP contribution in [0.3, 0.4) is 0 Å². The van der Waals surface area contributed by atoms with Crippen LogP contribution in [0.15, 0.2) is 36.7 Å². The molecule has 1 saturated carbocycles. The monoisotopic (exact) mass is 338 g/mol. The van der Waals surface area contributed by atoms with Crippen LogP contribution in [-0.2, 0) is 21.5 Å². The maximum atomic E-state index is 12.7. The Morgan fingerprint density at radius 1 is 1.32 bits per heavy atom. The highest BCUT2D eigenvalue weighted by Gasteiger charge is 2.44. The van der Waals surface area contributed by atoms with E-state index in [4.69, 9.17) is 0 Å². The van der Waals surface area contributed by atoms with Gasteiger partial charge < -0.3 is 10.2 Å². The highest BCUT2D eigenvalue weighted by atomic mass is 16.2. The molecular weight excluding hydrogens is 316 g/mol. The molecule has 2 amide bonds. The summed E-state index contributed by atoms with van der Waals surface area (Å²) in [6, 6.07) is 7.65. The van der Waals surface area contributed by atoms with Gasteiger partial charge in [0.05, 0.1) is 17.3 Å². The quantitative estimate of drug-likeness (QED) is 0.911. The number of carbonyl (C=O) groups is 2. The number of nitrogens with zero attached hydrogens (tertiary/aromatic N) is 3. The Morgan fingerprint density at radius 3 is 2.84 bits per heavy atom. The first kappa shape index (κ1) is 15.9. The van der Waals surface area contributed by atoms with Crippen molar-refractivity contribution in [3.63, 3.8) is 0 Å². The molecule has 0 radical (unpaired) electrons. The number of hydrogen-bond acceptors (Lipinski definition) is 3. The molecular formula is C19H22N4O2. The van der Waals surface area contributed by atoms with Crippen molar-refractivity contribution in [3.8, 4) is 0 Å². The first-order valence-electron chi connectivity index (χ1n) is 8.69. The van der Waals surface area contributed by atoms with Crippen molar-refractivity contribution in [1.29, 1.82) is 0 Å². The van der Waals surface area contributed by atoms with E-state index in [1.807, 2.05) is 49.0 Å². The molecule has 0 atom stereocenters. The first-order valence-corrected chi connectivity index (χ1v) is 8.69. The minimum Gasteiger partial charge on any atom is -0.322 e. The Hall–Kier alpha value is -2.63. The number of nitrogens with one attached hydrogen (secondary N) is 1. The molecule has 25 heavy (non-hydrogen) atoms. The van der Waals surface area contributed by atoms with E-state index >= 15 is 0 Å². The Bertz CT molecular complexity index is 835. The predicted molar refractivity (Wildman–Crippen MR) is 95.4 cm³/mol. The average Bonchev–Trinajstić information content (AvgIpc) is 3.26. The fourth-order valence-electron chi connectivity index (χ4n) is 3.39. The van der Waals surface area contributed by atoms with Crippen LogP contribution in [0.5, 0.6) is 0 Å². The van der Waals surface area contributed by atoms with Gasteiger partial charge in [-0.25, -0.2) is 0 Å². The van der Waals surface area contributed by atoms with Crippen LogP contribution < -0.4 is 10.2 Å². The molecule has 1 N–H and O–H groups in total. The number of fused-ring (bicyclic) bond motifs is 1. The summed E-state index contributed by atoms with van der Waals surface area (Å²) < 4.78 is 1.87. The minimum atomic E-state index is -0.605. The highest BCUT2D eigenvalue weighted by molar-refractivity contribution is 6.11. The molecule has 1 aromatic heterocycles. The van der Waals surface area contributed by atoms with E-state index in [0.717, 1.165) is 23.7 Å². The second-order valence-corrected chi connectivity index (χ2v) is 7.48. The smallest absolute Gasteiger partial charge is 0.244 e. The van der Waals surface area contributed by atoms with Crippen LogP contribution in [0, 0.1) is 5.92 Å². The molecule has 1 aliphatic carbocycles. The summed E-state index contributed by atoms with van der Waals surface area (Å²) in [7, 11) is 0. The van der Waals surface area contributed by atoms with Crippen LogP contribution in [0.25, 0.3) is 0 Å². The van der Waals surface area contributed by atoms with Gasteiger partial charge in [0.1, 0.15) is 6.54 Å². The van der Waals surface area contributed by atoms with Gasteiger partial charge >= 0.3 is 0 Å². The summed E-state index contributed by atoms with van der Waals surface area (Å²) in [5, 5.41) is 7.12. The van der Waals surface area contributed by atoms with Gasteiger partial charge in [-0.15, -0.1) is 0 Å². The number of rotatable bonds is 5. The third-order valence-electron chi connectivity index (χ3n) is 5.01. The lowest BCUT2D eigenvalue weighted by Crippen LogP contribution is -2.40. The number of hydrogen-bond donors (Lipinski definition) is 1. The number of anilines is 2. The normalized spacial score (nSPS) is 18.3. The Labute approximate surface area is 146 Å². The number of carbonyl (C=O) groups excluding carboxylic acids is 2. The Morgan fingerprint density at radius 2 is 2.08 bits per heavy atom. The van der Waals surface area contributed by atoms with Crippen molar-refractivity contribution < 1.29 is 9.59 Å². The summed E-state index contributed by atoms with van der Waals surface area (Å²) in [4.78, 5) is 26.7. The number of amides is 2. The van der Waals surface area contributed by atoms with Gasteiger partial charge in [0.25, 0.3) is 0 Å². The zero-order valence-corrected chi connectivity index (χ0v) is 14.5. The molecule has 130 valence electrons. The maximum Gasteiger partial charge on any atom is 0.244 e. The van der Waals surface area contributed by atoms with E-state index in [2.05, 4.69) is 10.4 Å². The number of para-hydroxylation sites is 1. The van der Waals surface area contributed by atoms with Gasteiger partial charge in [-0.1, -0.05) is 18.2 Å². The lowest BCUT2D eigenvalue weighted by Gasteiger charge is -2.19. The zero-order chi connectivity index (χ0) is 17.6. The van der Waals surface area contributed by atoms with Crippen molar-refractivity contribution in [2.24, 2.45) is 5.92 Å². The van der Waals surface area contributed by atoms with Crippen molar-refractivity contribution in [2.45, 2.75) is 38.6 Å². The van der Waals surface area contributed by atoms with Gasteiger partial charge in [0, 0.05) is 18.4 Å². The van der Waals surface area contributed by atoms with E-state index < -0.39 is 5.41 Å². The second kappa shape index (κ2) is 5.72. The van der Waals surface area contributed by atoms with Crippen molar-refractivity contribution in [3.05, 3.63) is 42.2 Å². The topological polar surface area (TPSA) is 67.2 Å². The highest BCUT2D eigenvalue weighted by Crippen LogP contribution is 2.41. The predicted octanol–water partition coefficient (Wildman–Crippen LogP) is 2.56. The Balaban J connectivity index is 1.45. The summed E-state index contributed by atoms with van der Waals surface area (Å²) >= 11 is 0. The molecule has 0 spiro atoms. The summed E-state index contributed by atoms with van der Waals surface area (Å²) in [5.74, 6) is 0.463. The SMILES string of the molecule is CC1(C)C(=O)N(CC(=O)Nc2cnn(CC3CC3)c2)c2ccccc21. The molecule has 0 bridgehead atoms. The first-order chi connectivity index (χ1) is 11.9. The van der Waals surface area contributed by atoms with E-state index in [1.165, 1.54) is 12.8 Å². The molecule has 2 heterocycles.